The Bertz CT molecular complexity index is 339. The summed E-state index contributed by atoms with van der Waals surface area (Å²) in [6.07, 6.45) is 3.01. The van der Waals surface area contributed by atoms with Crippen molar-refractivity contribution in [1.29, 1.82) is 0 Å². The molecule has 0 bridgehead atoms. The van der Waals surface area contributed by atoms with Crippen LogP contribution in [0.2, 0.25) is 0 Å². The molecule has 0 spiro atoms. The SMILES string of the molecule is CCc1ccc(/C=N/N2CCOCC2)cc1. The van der Waals surface area contributed by atoms with Gasteiger partial charge in [-0.05, 0) is 17.5 Å². The minimum absolute atomic E-state index is 0.784. The molecular formula is C13H18N2O. The third-order valence-corrected chi connectivity index (χ3v) is 2.75. The van der Waals surface area contributed by atoms with Gasteiger partial charge in [0, 0.05) is 0 Å². The van der Waals surface area contributed by atoms with E-state index in [-0.39, 0.29) is 0 Å². The fraction of sp³-hybridized carbons (Fsp3) is 0.462. The Kier molecular flexibility index (Phi) is 3.94. The van der Waals surface area contributed by atoms with Crippen molar-refractivity contribution >= 4 is 6.21 Å². The Morgan fingerprint density at radius 2 is 1.94 bits per heavy atom. The molecule has 1 heterocycles. The molecule has 0 aromatic heterocycles. The number of hydrogen-bond donors (Lipinski definition) is 0. The molecule has 0 amide bonds. The van der Waals surface area contributed by atoms with Crippen molar-refractivity contribution < 1.29 is 4.74 Å². The summed E-state index contributed by atoms with van der Waals surface area (Å²) in [5, 5.41) is 6.49. The normalized spacial score (nSPS) is 16.9. The van der Waals surface area contributed by atoms with Crippen LogP contribution in [0, 0.1) is 0 Å². The highest BCUT2D eigenvalue weighted by Gasteiger charge is 2.05. The summed E-state index contributed by atoms with van der Waals surface area (Å²) in [6, 6.07) is 8.53. The van der Waals surface area contributed by atoms with Crippen molar-refractivity contribution in [3.63, 3.8) is 0 Å². The molecule has 2 rings (SSSR count). The summed E-state index contributed by atoms with van der Waals surface area (Å²) in [5.74, 6) is 0. The van der Waals surface area contributed by atoms with E-state index in [2.05, 4.69) is 41.3 Å². The average Bonchev–Trinajstić information content (AvgIpc) is 2.38. The van der Waals surface area contributed by atoms with Crippen LogP contribution in [0.25, 0.3) is 0 Å². The molecule has 0 unspecified atom stereocenters. The van der Waals surface area contributed by atoms with Crippen LogP contribution < -0.4 is 0 Å². The predicted molar refractivity (Wildman–Crippen MR) is 65.8 cm³/mol. The molecule has 1 aromatic carbocycles. The molecule has 0 saturated carbocycles. The van der Waals surface area contributed by atoms with Crippen molar-refractivity contribution in [3.8, 4) is 0 Å². The van der Waals surface area contributed by atoms with Gasteiger partial charge in [-0.3, -0.25) is 5.01 Å². The van der Waals surface area contributed by atoms with Crippen LogP contribution in [0.5, 0.6) is 0 Å². The Hall–Kier alpha value is -1.35. The first kappa shape index (κ1) is 11.1. The minimum Gasteiger partial charge on any atom is -0.378 e. The molecule has 1 saturated heterocycles. The van der Waals surface area contributed by atoms with Gasteiger partial charge in [-0.25, -0.2) is 0 Å². The van der Waals surface area contributed by atoms with Gasteiger partial charge in [0.25, 0.3) is 0 Å². The maximum atomic E-state index is 5.27. The minimum atomic E-state index is 0.784. The highest BCUT2D eigenvalue weighted by molar-refractivity contribution is 5.79. The standard InChI is InChI=1S/C13H18N2O/c1-2-12-3-5-13(6-4-12)11-14-15-7-9-16-10-8-15/h3-6,11H,2,7-10H2,1H3/b14-11+. The van der Waals surface area contributed by atoms with Crippen LogP contribution in [0.1, 0.15) is 18.1 Å². The number of morpholine rings is 1. The Morgan fingerprint density at radius 3 is 2.56 bits per heavy atom. The average molecular weight is 218 g/mol. The van der Waals surface area contributed by atoms with Gasteiger partial charge < -0.3 is 4.74 Å². The van der Waals surface area contributed by atoms with E-state index in [1.54, 1.807) is 0 Å². The summed E-state index contributed by atoms with van der Waals surface area (Å²) in [6.45, 7) is 5.52. The van der Waals surface area contributed by atoms with Crippen LogP contribution in [-0.2, 0) is 11.2 Å². The Morgan fingerprint density at radius 1 is 1.25 bits per heavy atom. The van der Waals surface area contributed by atoms with E-state index < -0.39 is 0 Å². The predicted octanol–water partition coefficient (Wildman–Crippen LogP) is 1.92. The number of benzene rings is 1. The van der Waals surface area contributed by atoms with Crippen molar-refractivity contribution in [2.75, 3.05) is 26.3 Å². The zero-order valence-electron chi connectivity index (χ0n) is 9.72. The first-order valence-corrected chi connectivity index (χ1v) is 5.84. The summed E-state index contributed by atoms with van der Waals surface area (Å²) in [4.78, 5) is 0. The van der Waals surface area contributed by atoms with E-state index in [4.69, 9.17) is 4.74 Å². The number of hydrogen-bond acceptors (Lipinski definition) is 3. The van der Waals surface area contributed by atoms with Crippen LogP contribution in [0.15, 0.2) is 29.4 Å². The molecule has 1 aromatic rings. The summed E-state index contributed by atoms with van der Waals surface area (Å²) in [7, 11) is 0. The third kappa shape index (κ3) is 3.07. The monoisotopic (exact) mass is 218 g/mol. The Labute approximate surface area is 96.7 Å². The summed E-state index contributed by atoms with van der Waals surface area (Å²) in [5.41, 5.74) is 2.52. The van der Waals surface area contributed by atoms with Gasteiger partial charge >= 0.3 is 0 Å². The second-order valence-corrected chi connectivity index (χ2v) is 3.91. The zero-order valence-corrected chi connectivity index (χ0v) is 9.72. The van der Waals surface area contributed by atoms with Crippen molar-refractivity contribution in [1.82, 2.24) is 5.01 Å². The number of rotatable bonds is 3. The van der Waals surface area contributed by atoms with Gasteiger partial charge in [-0.2, -0.15) is 5.10 Å². The van der Waals surface area contributed by atoms with Crippen molar-refractivity contribution in [2.24, 2.45) is 5.10 Å². The van der Waals surface area contributed by atoms with Gasteiger partial charge in [-0.1, -0.05) is 31.2 Å². The summed E-state index contributed by atoms with van der Waals surface area (Å²) >= 11 is 0. The molecule has 1 fully saturated rings. The van der Waals surface area contributed by atoms with E-state index in [1.165, 1.54) is 5.56 Å². The van der Waals surface area contributed by atoms with Crippen LogP contribution >= 0.6 is 0 Å². The molecule has 1 aliphatic heterocycles. The molecule has 16 heavy (non-hydrogen) atoms. The maximum Gasteiger partial charge on any atom is 0.0659 e. The molecular weight excluding hydrogens is 200 g/mol. The first-order chi connectivity index (χ1) is 7.88. The van der Waals surface area contributed by atoms with E-state index in [0.717, 1.165) is 38.3 Å². The van der Waals surface area contributed by atoms with Crippen molar-refractivity contribution in [3.05, 3.63) is 35.4 Å². The lowest BCUT2D eigenvalue weighted by Crippen LogP contribution is -2.32. The lowest BCUT2D eigenvalue weighted by atomic mass is 10.1. The molecule has 0 atom stereocenters. The van der Waals surface area contributed by atoms with Gasteiger partial charge in [0.1, 0.15) is 0 Å². The molecule has 86 valence electrons. The lowest BCUT2D eigenvalue weighted by Gasteiger charge is -2.23. The fourth-order valence-corrected chi connectivity index (χ4v) is 1.66. The van der Waals surface area contributed by atoms with Crippen LogP contribution in [0.3, 0.4) is 0 Å². The van der Waals surface area contributed by atoms with Gasteiger partial charge in [-0.15, -0.1) is 0 Å². The first-order valence-electron chi connectivity index (χ1n) is 5.84. The molecule has 0 N–H and O–H groups in total. The van der Waals surface area contributed by atoms with E-state index >= 15 is 0 Å². The topological polar surface area (TPSA) is 24.8 Å². The molecule has 0 radical (unpaired) electrons. The smallest absolute Gasteiger partial charge is 0.0659 e. The second kappa shape index (κ2) is 5.66. The number of hydrazone groups is 1. The van der Waals surface area contributed by atoms with Gasteiger partial charge in [0.15, 0.2) is 0 Å². The number of aryl methyl sites for hydroxylation is 1. The largest absolute Gasteiger partial charge is 0.378 e. The fourth-order valence-electron chi connectivity index (χ4n) is 1.66. The highest BCUT2D eigenvalue weighted by Crippen LogP contribution is 2.04. The van der Waals surface area contributed by atoms with E-state index in [9.17, 15) is 0 Å². The quantitative estimate of drug-likeness (QED) is 0.724. The Balaban J connectivity index is 1.94. The molecule has 3 heteroatoms. The van der Waals surface area contributed by atoms with E-state index in [1.807, 2.05) is 6.21 Å². The third-order valence-electron chi connectivity index (χ3n) is 2.75. The lowest BCUT2D eigenvalue weighted by molar-refractivity contribution is 0.0397. The van der Waals surface area contributed by atoms with Gasteiger partial charge in [0.05, 0.1) is 32.5 Å². The summed E-state index contributed by atoms with van der Waals surface area (Å²) < 4.78 is 5.27. The molecule has 3 nitrogen and oxygen atoms in total. The maximum absolute atomic E-state index is 5.27. The molecule has 0 aliphatic carbocycles. The van der Waals surface area contributed by atoms with Gasteiger partial charge in [0.2, 0.25) is 0 Å². The van der Waals surface area contributed by atoms with Crippen LogP contribution in [-0.4, -0.2) is 37.5 Å². The van der Waals surface area contributed by atoms with E-state index in [0.29, 0.717) is 0 Å². The second-order valence-electron chi connectivity index (χ2n) is 3.91. The highest BCUT2D eigenvalue weighted by atomic mass is 16.5. The number of ether oxygens (including phenoxy) is 1. The van der Waals surface area contributed by atoms with Crippen molar-refractivity contribution in [2.45, 2.75) is 13.3 Å². The molecule has 1 aliphatic rings. The number of nitrogens with zero attached hydrogens (tertiary/aromatic N) is 2. The zero-order chi connectivity index (χ0) is 11.2. The van der Waals surface area contributed by atoms with Crippen LogP contribution in [0.4, 0.5) is 0 Å².